The van der Waals surface area contributed by atoms with Gasteiger partial charge in [-0.25, -0.2) is 4.79 Å². The van der Waals surface area contributed by atoms with Crippen LogP contribution in [-0.4, -0.2) is 43.6 Å². The number of nitrogens with one attached hydrogen (secondary N) is 1. The lowest BCUT2D eigenvalue weighted by Gasteiger charge is -2.18. The molecule has 3 rings (SSSR count). The number of hydrogen-bond donors (Lipinski definition) is 1. The molecule has 0 aromatic heterocycles. The fourth-order valence-corrected chi connectivity index (χ4v) is 3.09. The third kappa shape index (κ3) is 4.03. The van der Waals surface area contributed by atoms with Gasteiger partial charge < -0.3 is 15.0 Å². The van der Waals surface area contributed by atoms with Crippen molar-refractivity contribution in [1.82, 2.24) is 4.90 Å². The summed E-state index contributed by atoms with van der Waals surface area (Å²) in [7, 11) is 1.52. The molecule has 0 bridgehead atoms. The highest BCUT2D eigenvalue weighted by atomic mass is 35.5. The first kappa shape index (κ1) is 18.4. The average molecular weight is 394 g/mol. The van der Waals surface area contributed by atoms with E-state index in [0.717, 1.165) is 5.69 Å². The molecule has 26 heavy (non-hydrogen) atoms. The minimum Gasteiger partial charge on any atom is -0.495 e. The molecule has 0 radical (unpaired) electrons. The van der Waals surface area contributed by atoms with Gasteiger partial charge in [0.2, 0.25) is 5.91 Å². The monoisotopic (exact) mass is 393 g/mol. The summed E-state index contributed by atoms with van der Waals surface area (Å²) in [5.74, 6) is 0.232. The zero-order valence-electron chi connectivity index (χ0n) is 14.0. The topological polar surface area (TPSA) is 61.9 Å². The minimum atomic E-state index is -0.294. The molecule has 0 unspecified atom stereocenters. The molecule has 1 heterocycles. The predicted octanol–water partition coefficient (Wildman–Crippen LogP) is 3.88. The highest BCUT2D eigenvalue weighted by Crippen LogP contribution is 2.27. The van der Waals surface area contributed by atoms with Crippen molar-refractivity contribution in [2.45, 2.75) is 0 Å². The molecule has 1 fully saturated rings. The molecule has 1 N–H and O–H groups in total. The number of methoxy groups -OCH3 is 1. The summed E-state index contributed by atoms with van der Waals surface area (Å²) >= 11 is 11.9. The van der Waals surface area contributed by atoms with E-state index in [1.54, 1.807) is 47.4 Å². The maximum atomic E-state index is 12.5. The van der Waals surface area contributed by atoms with Crippen LogP contribution in [0.15, 0.2) is 42.5 Å². The van der Waals surface area contributed by atoms with Gasteiger partial charge in [-0.1, -0.05) is 23.2 Å². The van der Waals surface area contributed by atoms with Crippen molar-refractivity contribution in [2.75, 3.05) is 37.0 Å². The molecule has 0 spiro atoms. The minimum absolute atomic E-state index is 0.0351. The van der Waals surface area contributed by atoms with Crippen LogP contribution in [0.2, 0.25) is 10.0 Å². The third-order valence-corrected chi connectivity index (χ3v) is 4.55. The fraction of sp³-hybridized carbons (Fsp3) is 0.222. The molecule has 3 amide bonds. The van der Waals surface area contributed by atoms with E-state index in [0.29, 0.717) is 34.6 Å². The van der Waals surface area contributed by atoms with Crippen LogP contribution < -0.4 is 15.0 Å². The average Bonchev–Trinajstić information content (AvgIpc) is 2.96. The molecule has 1 saturated heterocycles. The summed E-state index contributed by atoms with van der Waals surface area (Å²) < 4.78 is 5.08. The Morgan fingerprint density at radius 1 is 1.15 bits per heavy atom. The van der Waals surface area contributed by atoms with Gasteiger partial charge in [0, 0.05) is 29.5 Å². The quantitative estimate of drug-likeness (QED) is 0.837. The molecule has 0 saturated carbocycles. The molecule has 1 aliphatic rings. The van der Waals surface area contributed by atoms with Gasteiger partial charge in [0.05, 0.1) is 12.1 Å². The smallest absolute Gasteiger partial charge is 0.325 e. The van der Waals surface area contributed by atoms with Crippen LogP contribution in [0.5, 0.6) is 5.75 Å². The number of urea groups is 1. The van der Waals surface area contributed by atoms with Crippen molar-refractivity contribution in [2.24, 2.45) is 0 Å². The van der Waals surface area contributed by atoms with E-state index in [2.05, 4.69) is 5.32 Å². The van der Waals surface area contributed by atoms with Gasteiger partial charge in [-0.2, -0.15) is 0 Å². The number of nitrogens with zero attached hydrogens (tertiary/aromatic N) is 2. The first-order valence-electron chi connectivity index (χ1n) is 7.93. The van der Waals surface area contributed by atoms with E-state index < -0.39 is 0 Å². The van der Waals surface area contributed by atoms with Gasteiger partial charge in [0.15, 0.2) is 0 Å². The first-order chi connectivity index (χ1) is 12.5. The van der Waals surface area contributed by atoms with Crippen LogP contribution in [0.1, 0.15) is 0 Å². The zero-order chi connectivity index (χ0) is 18.7. The van der Waals surface area contributed by atoms with Crippen molar-refractivity contribution in [3.8, 4) is 5.75 Å². The Bertz CT molecular complexity index is 827. The SMILES string of the molecule is COc1ccc(NC(=O)CN2CCN(c3ccc(Cl)cc3)C2=O)cc1Cl. The van der Waals surface area contributed by atoms with E-state index in [-0.39, 0.29) is 18.5 Å². The van der Waals surface area contributed by atoms with Crippen LogP contribution in [0.4, 0.5) is 16.2 Å². The molecule has 2 aromatic carbocycles. The van der Waals surface area contributed by atoms with Crippen LogP contribution >= 0.6 is 23.2 Å². The van der Waals surface area contributed by atoms with Gasteiger partial charge in [0.1, 0.15) is 12.3 Å². The third-order valence-electron chi connectivity index (χ3n) is 4.00. The number of anilines is 2. The van der Waals surface area contributed by atoms with Gasteiger partial charge in [0.25, 0.3) is 0 Å². The van der Waals surface area contributed by atoms with Gasteiger partial charge >= 0.3 is 6.03 Å². The van der Waals surface area contributed by atoms with Crippen molar-refractivity contribution in [1.29, 1.82) is 0 Å². The number of rotatable bonds is 5. The van der Waals surface area contributed by atoms with E-state index in [1.165, 1.54) is 12.0 Å². The van der Waals surface area contributed by atoms with Crippen molar-refractivity contribution in [3.05, 3.63) is 52.5 Å². The summed E-state index contributed by atoms with van der Waals surface area (Å²) in [6.45, 7) is 0.951. The zero-order valence-corrected chi connectivity index (χ0v) is 15.5. The summed E-state index contributed by atoms with van der Waals surface area (Å²) in [5.41, 5.74) is 1.30. The molecule has 6 nitrogen and oxygen atoms in total. The Hall–Kier alpha value is -2.44. The molecular formula is C18H17Cl2N3O3. The maximum absolute atomic E-state index is 12.5. The fourth-order valence-electron chi connectivity index (χ4n) is 2.71. The van der Waals surface area contributed by atoms with Crippen LogP contribution in [0, 0.1) is 0 Å². The number of carbonyl (C=O) groups is 2. The summed E-state index contributed by atoms with van der Waals surface area (Å²) in [4.78, 5) is 27.9. The van der Waals surface area contributed by atoms with Crippen LogP contribution in [0.25, 0.3) is 0 Å². The summed E-state index contributed by atoms with van der Waals surface area (Å²) in [6.07, 6.45) is 0. The van der Waals surface area contributed by atoms with E-state index >= 15 is 0 Å². The lowest BCUT2D eigenvalue weighted by molar-refractivity contribution is -0.116. The summed E-state index contributed by atoms with van der Waals surface area (Å²) in [5, 5.41) is 3.74. The summed E-state index contributed by atoms with van der Waals surface area (Å²) in [6, 6.07) is 11.8. The van der Waals surface area contributed by atoms with Crippen LogP contribution in [-0.2, 0) is 4.79 Å². The van der Waals surface area contributed by atoms with Crippen molar-refractivity contribution in [3.63, 3.8) is 0 Å². The second-order valence-corrected chi connectivity index (χ2v) is 6.57. The molecule has 1 aliphatic heterocycles. The van der Waals surface area contributed by atoms with E-state index in [1.807, 2.05) is 0 Å². The molecular weight excluding hydrogens is 377 g/mol. The molecule has 8 heteroatoms. The van der Waals surface area contributed by atoms with Crippen molar-refractivity contribution >= 4 is 46.5 Å². The normalized spacial score (nSPS) is 13.9. The van der Waals surface area contributed by atoms with E-state index in [9.17, 15) is 9.59 Å². The van der Waals surface area contributed by atoms with Gasteiger partial charge in [-0.15, -0.1) is 0 Å². The van der Waals surface area contributed by atoms with Crippen LogP contribution in [0.3, 0.4) is 0 Å². The highest BCUT2D eigenvalue weighted by Gasteiger charge is 2.30. The first-order valence-corrected chi connectivity index (χ1v) is 8.69. The molecule has 2 aromatic rings. The number of hydrogen-bond acceptors (Lipinski definition) is 3. The number of ether oxygens (including phenoxy) is 1. The maximum Gasteiger partial charge on any atom is 0.325 e. The van der Waals surface area contributed by atoms with Gasteiger partial charge in [-0.3, -0.25) is 9.69 Å². The molecule has 136 valence electrons. The second-order valence-electron chi connectivity index (χ2n) is 5.73. The van der Waals surface area contributed by atoms with Gasteiger partial charge in [-0.05, 0) is 42.5 Å². The Labute approximate surface area is 161 Å². The Morgan fingerprint density at radius 2 is 1.88 bits per heavy atom. The largest absolute Gasteiger partial charge is 0.495 e. The predicted molar refractivity (Wildman–Crippen MR) is 102 cm³/mol. The number of benzene rings is 2. The van der Waals surface area contributed by atoms with E-state index in [4.69, 9.17) is 27.9 Å². The number of halogens is 2. The Kier molecular flexibility index (Phi) is 5.54. The lowest BCUT2D eigenvalue weighted by Crippen LogP contribution is -2.37. The standard InChI is InChI=1S/C18H17Cl2N3O3/c1-26-16-7-4-13(10-15(16)20)21-17(24)11-22-8-9-23(18(22)25)14-5-2-12(19)3-6-14/h2-7,10H,8-9,11H2,1H3,(H,21,24). The molecule has 0 atom stereocenters. The number of amides is 3. The Balaban J connectivity index is 1.60. The number of carbonyl (C=O) groups excluding carboxylic acids is 2. The van der Waals surface area contributed by atoms with Crippen molar-refractivity contribution < 1.29 is 14.3 Å². The second kappa shape index (κ2) is 7.85. The lowest BCUT2D eigenvalue weighted by atomic mass is 10.3. The Morgan fingerprint density at radius 3 is 2.54 bits per heavy atom. The highest BCUT2D eigenvalue weighted by molar-refractivity contribution is 6.32. The molecule has 0 aliphatic carbocycles.